The van der Waals surface area contributed by atoms with Gasteiger partial charge in [0.25, 0.3) is 0 Å². The third-order valence-electron chi connectivity index (χ3n) is 3.58. The van der Waals surface area contributed by atoms with Crippen LogP contribution in [0.25, 0.3) is 0 Å². The Balaban J connectivity index is 2.61. The SMILES string of the molecule is CCC(C)Oc1ccc(NC(=O)N(CC)CC(OC)OC)cc1. The van der Waals surface area contributed by atoms with Gasteiger partial charge in [0, 0.05) is 26.5 Å². The summed E-state index contributed by atoms with van der Waals surface area (Å²) in [6, 6.07) is 7.17. The normalized spacial score (nSPS) is 12.1. The second kappa shape index (κ2) is 10.1. The van der Waals surface area contributed by atoms with Gasteiger partial charge in [-0.3, -0.25) is 0 Å². The number of hydrogen-bond donors (Lipinski definition) is 1. The van der Waals surface area contributed by atoms with Crippen molar-refractivity contribution in [3.63, 3.8) is 0 Å². The minimum atomic E-state index is -0.438. The molecule has 0 radical (unpaired) electrons. The highest BCUT2D eigenvalue weighted by atomic mass is 16.7. The zero-order valence-corrected chi connectivity index (χ0v) is 14.7. The predicted octanol–water partition coefficient (Wildman–Crippen LogP) is 3.34. The zero-order valence-electron chi connectivity index (χ0n) is 14.7. The molecule has 1 unspecified atom stereocenters. The number of likely N-dealkylation sites (N-methyl/N-ethyl adjacent to an activating group) is 1. The van der Waals surface area contributed by atoms with Gasteiger partial charge in [0.2, 0.25) is 0 Å². The fourth-order valence-corrected chi connectivity index (χ4v) is 1.92. The van der Waals surface area contributed by atoms with Gasteiger partial charge in [0.15, 0.2) is 6.29 Å². The molecular formula is C17H28N2O4. The highest BCUT2D eigenvalue weighted by Crippen LogP contribution is 2.18. The van der Waals surface area contributed by atoms with Gasteiger partial charge < -0.3 is 24.4 Å². The van der Waals surface area contributed by atoms with Crippen molar-refractivity contribution in [2.75, 3.05) is 32.6 Å². The Morgan fingerprint density at radius 2 is 1.78 bits per heavy atom. The average Bonchev–Trinajstić information content (AvgIpc) is 2.57. The van der Waals surface area contributed by atoms with E-state index in [9.17, 15) is 4.79 Å². The smallest absolute Gasteiger partial charge is 0.322 e. The maximum absolute atomic E-state index is 12.3. The summed E-state index contributed by atoms with van der Waals surface area (Å²) in [5, 5.41) is 2.86. The minimum Gasteiger partial charge on any atom is -0.491 e. The molecule has 0 aliphatic carbocycles. The van der Waals surface area contributed by atoms with E-state index in [0.29, 0.717) is 13.1 Å². The Morgan fingerprint density at radius 3 is 2.26 bits per heavy atom. The van der Waals surface area contributed by atoms with Gasteiger partial charge in [0.05, 0.1) is 12.6 Å². The summed E-state index contributed by atoms with van der Waals surface area (Å²) in [5.41, 5.74) is 0.719. The van der Waals surface area contributed by atoms with E-state index in [4.69, 9.17) is 14.2 Å². The van der Waals surface area contributed by atoms with Crippen LogP contribution in [-0.2, 0) is 9.47 Å². The van der Waals surface area contributed by atoms with E-state index in [1.54, 1.807) is 19.1 Å². The Morgan fingerprint density at radius 1 is 1.17 bits per heavy atom. The fourth-order valence-electron chi connectivity index (χ4n) is 1.92. The first kappa shape index (κ1) is 19.3. The lowest BCUT2D eigenvalue weighted by Gasteiger charge is -2.25. The molecule has 0 spiro atoms. The van der Waals surface area contributed by atoms with Crippen LogP contribution in [0.5, 0.6) is 5.75 Å². The topological polar surface area (TPSA) is 60.0 Å². The van der Waals surface area contributed by atoms with Crippen LogP contribution in [0.3, 0.4) is 0 Å². The van der Waals surface area contributed by atoms with E-state index in [1.165, 1.54) is 0 Å². The minimum absolute atomic E-state index is 0.172. The van der Waals surface area contributed by atoms with E-state index < -0.39 is 6.29 Å². The van der Waals surface area contributed by atoms with E-state index in [-0.39, 0.29) is 12.1 Å². The largest absolute Gasteiger partial charge is 0.491 e. The maximum Gasteiger partial charge on any atom is 0.322 e. The van der Waals surface area contributed by atoms with Crippen molar-refractivity contribution >= 4 is 11.7 Å². The van der Waals surface area contributed by atoms with Gasteiger partial charge in [-0.25, -0.2) is 4.79 Å². The number of ether oxygens (including phenoxy) is 3. The standard InChI is InChI=1S/C17H28N2O4/c1-6-13(3)23-15-10-8-14(9-11-15)18-17(20)19(7-2)12-16(21-4)22-5/h8-11,13,16H,6-7,12H2,1-5H3,(H,18,20). The molecule has 0 heterocycles. The van der Waals surface area contributed by atoms with Gasteiger partial charge in [0.1, 0.15) is 5.75 Å². The summed E-state index contributed by atoms with van der Waals surface area (Å²) < 4.78 is 16.0. The quantitative estimate of drug-likeness (QED) is 0.708. The molecule has 0 bridgehead atoms. The molecule has 1 aromatic carbocycles. The second-order valence-corrected chi connectivity index (χ2v) is 5.23. The van der Waals surface area contributed by atoms with Crippen molar-refractivity contribution in [3.05, 3.63) is 24.3 Å². The molecule has 6 heteroatoms. The fraction of sp³-hybridized carbons (Fsp3) is 0.588. The molecule has 23 heavy (non-hydrogen) atoms. The molecule has 0 saturated heterocycles. The molecule has 0 aliphatic heterocycles. The number of hydrogen-bond acceptors (Lipinski definition) is 4. The Bertz CT molecular complexity index is 460. The number of methoxy groups -OCH3 is 2. The first-order chi connectivity index (χ1) is 11.0. The highest BCUT2D eigenvalue weighted by Gasteiger charge is 2.17. The van der Waals surface area contributed by atoms with E-state index in [0.717, 1.165) is 17.9 Å². The average molecular weight is 324 g/mol. The number of anilines is 1. The first-order valence-electron chi connectivity index (χ1n) is 7.92. The zero-order chi connectivity index (χ0) is 17.2. The third kappa shape index (κ3) is 6.46. The van der Waals surface area contributed by atoms with E-state index in [1.807, 2.05) is 38.1 Å². The van der Waals surface area contributed by atoms with Crippen LogP contribution in [0.4, 0.5) is 10.5 Å². The van der Waals surface area contributed by atoms with Gasteiger partial charge >= 0.3 is 6.03 Å². The number of nitrogens with one attached hydrogen (secondary N) is 1. The van der Waals surface area contributed by atoms with Crippen LogP contribution >= 0.6 is 0 Å². The van der Waals surface area contributed by atoms with Crippen LogP contribution in [0.1, 0.15) is 27.2 Å². The van der Waals surface area contributed by atoms with E-state index in [2.05, 4.69) is 12.2 Å². The Kier molecular flexibility index (Phi) is 8.43. The van der Waals surface area contributed by atoms with Crippen molar-refractivity contribution in [2.24, 2.45) is 0 Å². The number of urea groups is 1. The molecule has 1 N–H and O–H groups in total. The second-order valence-electron chi connectivity index (χ2n) is 5.23. The van der Waals surface area contributed by atoms with Crippen LogP contribution in [0.15, 0.2) is 24.3 Å². The number of amides is 2. The monoisotopic (exact) mass is 324 g/mol. The number of nitrogens with zero attached hydrogens (tertiary/aromatic N) is 1. The summed E-state index contributed by atoms with van der Waals surface area (Å²) in [4.78, 5) is 13.9. The van der Waals surface area contributed by atoms with Gasteiger partial charge in [-0.05, 0) is 44.5 Å². The molecule has 1 rings (SSSR count). The molecule has 1 atom stereocenters. The number of benzene rings is 1. The maximum atomic E-state index is 12.3. The van der Waals surface area contributed by atoms with Crippen molar-refractivity contribution in [1.29, 1.82) is 0 Å². The summed E-state index contributed by atoms with van der Waals surface area (Å²) in [6.07, 6.45) is 0.683. The summed E-state index contributed by atoms with van der Waals surface area (Å²) in [6.45, 7) is 6.93. The molecule has 6 nitrogen and oxygen atoms in total. The third-order valence-corrected chi connectivity index (χ3v) is 3.58. The lowest BCUT2D eigenvalue weighted by molar-refractivity contribution is -0.110. The van der Waals surface area contributed by atoms with Gasteiger partial charge in [-0.15, -0.1) is 0 Å². The van der Waals surface area contributed by atoms with Crippen molar-refractivity contribution in [1.82, 2.24) is 4.90 Å². The summed E-state index contributed by atoms with van der Waals surface area (Å²) in [5.74, 6) is 0.795. The lowest BCUT2D eigenvalue weighted by Crippen LogP contribution is -2.41. The molecule has 1 aromatic rings. The van der Waals surface area contributed by atoms with Crippen LogP contribution < -0.4 is 10.1 Å². The lowest BCUT2D eigenvalue weighted by atomic mass is 10.3. The molecule has 0 aliphatic rings. The van der Waals surface area contributed by atoms with Crippen molar-refractivity contribution in [3.8, 4) is 5.75 Å². The molecule has 0 fully saturated rings. The first-order valence-corrected chi connectivity index (χ1v) is 7.92. The molecule has 130 valence electrons. The number of carbonyl (C=O) groups excluding carboxylic acids is 1. The molecule has 0 aromatic heterocycles. The summed E-state index contributed by atoms with van der Waals surface area (Å²) >= 11 is 0. The van der Waals surface area contributed by atoms with Gasteiger partial charge in [-0.1, -0.05) is 6.92 Å². The van der Waals surface area contributed by atoms with Crippen molar-refractivity contribution in [2.45, 2.75) is 39.6 Å². The molecule has 2 amide bonds. The highest BCUT2D eigenvalue weighted by molar-refractivity contribution is 5.89. The predicted molar refractivity (Wildman–Crippen MR) is 90.9 cm³/mol. The summed E-state index contributed by atoms with van der Waals surface area (Å²) in [7, 11) is 3.10. The van der Waals surface area contributed by atoms with Crippen LogP contribution in [0.2, 0.25) is 0 Å². The van der Waals surface area contributed by atoms with Gasteiger partial charge in [-0.2, -0.15) is 0 Å². The molecular weight excluding hydrogens is 296 g/mol. The van der Waals surface area contributed by atoms with Crippen molar-refractivity contribution < 1.29 is 19.0 Å². The van der Waals surface area contributed by atoms with Crippen LogP contribution in [0, 0.1) is 0 Å². The number of carbonyl (C=O) groups is 1. The number of rotatable bonds is 9. The Labute approximate surface area is 138 Å². The Hall–Kier alpha value is -1.79. The molecule has 0 saturated carbocycles. The van der Waals surface area contributed by atoms with E-state index >= 15 is 0 Å². The van der Waals surface area contributed by atoms with Crippen LogP contribution in [-0.4, -0.2) is 50.6 Å².